The van der Waals surface area contributed by atoms with Gasteiger partial charge in [-0.3, -0.25) is 4.90 Å². The first kappa shape index (κ1) is 16.0. The number of rotatable bonds is 5. The van der Waals surface area contributed by atoms with Crippen LogP contribution in [0.5, 0.6) is 0 Å². The predicted octanol–water partition coefficient (Wildman–Crippen LogP) is 2.74. The van der Waals surface area contributed by atoms with Gasteiger partial charge in [-0.1, -0.05) is 28.1 Å². The molecule has 1 aliphatic rings. The van der Waals surface area contributed by atoms with E-state index in [-0.39, 0.29) is 0 Å². The van der Waals surface area contributed by atoms with E-state index in [2.05, 4.69) is 76.3 Å². The molecule has 112 valence electrons. The highest BCUT2D eigenvalue weighted by molar-refractivity contribution is 9.10. The summed E-state index contributed by atoms with van der Waals surface area (Å²) in [5.74, 6) is 0. The molecule has 0 spiro atoms. The summed E-state index contributed by atoms with van der Waals surface area (Å²) >= 11 is 3.56. The van der Waals surface area contributed by atoms with Gasteiger partial charge in [0.1, 0.15) is 0 Å². The Balaban J connectivity index is 1.91. The van der Waals surface area contributed by atoms with Gasteiger partial charge in [-0.2, -0.15) is 0 Å². The minimum absolute atomic E-state index is 0.430. The molecule has 2 rings (SSSR count). The maximum absolute atomic E-state index is 3.56. The van der Waals surface area contributed by atoms with Crippen LogP contribution in [0.3, 0.4) is 0 Å². The smallest absolute Gasteiger partial charge is 0.0330 e. The van der Waals surface area contributed by atoms with Crippen molar-refractivity contribution in [2.24, 2.45) is 0 Å². The number of benzene rings is 1. The van der Waals surface area contributed by atoms with Crippen LogP contribution in [-0.4, -0.2) is 56.1 Å². The SMILES string of the molecule is CNC(CCN1CCN(C)CC1C)c1cccc(Br)c1. The lowest BCUT2D eigenvalue weighted by molar-refractivity contribution is 0.0963. The topological polar surface area (TPSA) is 18.5 Å². The Morgan fingerprint density at radius 2 is 2.20 bits per heavy atom. The summed E-state index contributed by atoms with van der Waals surface area (Å²) < 4.78 is 1.16. The molecule has 0 aromatic heterocycles. The van der Waals surface area contributed by atoms with Crippen LogP contribution in [0.2, 0.25) is 0 Å². The summed E-state index contributed by atoms with van der Waals surface area (Å²) in [7, 11) is 4.27. The van der Waals surface area contributed by atoms with Gasteiger partial charge < -0.3 is 10.2 Å². The van der Waals surface area contributed by atoms with Crippen molar-refractivity contribution in [3.63, 3.8) is 0 Å². The first-order chi connectivity index (χ1) is 9.60. The van der Waals surface area contributed by atoms with Crippen molar-refractivity contribution in [2.75, 3.05) is 40.3 Å². The Hall–Kier alpha value is -0.420. The molecule has 0 bridgehead atoms. The molecule has 0 saturated carbocycles. The van der Waals surface area contributed by atoms with Crippen LogP contribution in [0.1, 0.15) is 24.9 Å². The highest BCUT2D eigenvalue weighted by Crippen LogP contribution is 2.21. The van der Waals surface area contributed by atoms with E-state index in [1.165, 1.54) is 25.2 Å². The maximum atomic E-state index is 3.56. The Kier molecular flexibility index (Phi) is 6.02. The minimum atomic E-state index is 0.430. The van der Waals surface area contributed by atoms with Crippen molar-refractivity contribution in [3.05, 3.63) is 34.3 Å². The Morgan fingerprint density at radius 1 is 1.40 bits per heavy atom. The van der Waals surface area contributed by atoms with E-state index < -0.39 is 0 Å². The zero-order valence-corrected chi connectivity index (χ0v) is 14.4. The van der Waals surface area contributed by atoms with Crippen molar-refractivity contribution >= 4 is 15.9 Å². The Bertz CT molecular complexity index is 424. The van der Waals surface area contributed by atoms with Gasteiger partial charge in [0.25, 0.3) is 0 Å². The summed E-state index contributed by atoms with van der Waals surface area (Å²) in [6.07, 6.45) is 1.15. The molecule has 1 aliphatic heterocycles. The van der Waals surface area contributed by atoms with Gasteiger partial charge in [0.15, 0.2) is 0 Å². The Morgan fingerprint density at radius 3 is 2.85 bits per heavy atom. The van der Waals surface area contributed by atoms with Gasteiger partial charge in [0.05, 0.1) is 0 Å². The highest BCUT2D eigenvalue weighted by atomic mass is 79.9. The molecule has 1 fully saturated rings. The van der Waals surface area contributed by atoms with E-state index in [1.807, 2.05) is 0 Å². The average Bonchev–Trinajstić information content (AvgIpc) is 2.41. The summed E-state index contributed by atoms with van der Waals surface area (Å²) in [5.41, 5.74) is 1.36. The third-order valence-electron chi connectivity index (χ3n) is 4.27. The summed E-state index contributed by atoms with van der Waals surface area (Å²) in [4.78, 5) is 5.04. The lowest BCUT2D eigenvalue weighted by Crippen LogP contribution is -2.50. The van der Waals surface area contributed by atoms with E-state index in [0.29, 0.717) is 12.1 Å². The summed E-state index contributed by atoms with van der Waals surface area (Å²) in [6, 6.07) is 9.71. The van der Waals surface area contributed by atoms with Crippen molar-refractivity contribution in [2.45, 2.75) is 25.4 Å². The summed E-state index contributed by atoms with van der Waals surface area (Å²) in [6.45, 7) is 7.05. The lowest BCUT2D eigenvalue weighted by atomic mass is 10.0. The first-order valence-electron chi connectivity index (χ1n) is 7.45. The van der Waals surface area contributed by atoms with Gasteiger partial charge in [-0.05, 0) is 45.1 Å². The van der Waals surface area contributed by atoms with Crippen LogP contribution in [0.25, 0.3) is 0 Å². The maximum Gasteiger partial charge on any atom is 0.0330 e. The van der Waals surface area contributed by atoms with Gasteiger partial charge in [0, 0.05) is 42.7 Å². The van der Waals surface area contributed by atoms with E-state index in [9.17, 15) is 0 Å². The first-order valence-corrected chi connectivity index (χ1v) is 8.24. The molecule has 1 heterocycles. The molecule has 0 aliphatic carbocycles. The molecule has 4 heteroatoms. The molecule has 1 saturated heterocycles. The van der Waals surface area contributed by atoms with Gasteiger partial charge >= 0.3 is 0 Å². The average molecular weight is 340 g/mol. The molecule has 1 aromatic rings. The number of piperazine rings is 1. The molecule has 1 N–H and O–H groups in total. The molecule has 0 amide bonds. The standard InChI is InChI=1S/C16H26BrN3/c1-13-12-19(3)9-10-20(13)8-7-16(18-2)14-5-4-6-15(17)11-14/h4-6,11,13,16,18H,7-10,12H2,1-3H3. The fourth-order valence-electron chi connectivity index (χ4n) is 3.01. The van der Waals surface area contributed by atoms with E-state index in [4.69, 9.17) is 0 Å². The number of nitrogens with zero attached hydrogens (tertiary/aromatic N) is 2. The number of hydrogen-bond donors (Lipinski definition) is 1. The molecule has 2 unspecified atom stereocenters. The van der Waals surface area contributed by atoms with Crippen LogP contribution in [0.4, 0.5) is 0 Å². The normalized spacial score (nSPS) is 22.9. The van der Waals surface area contributed by atoms with E-state index >= 15 is 0 Å². The molecular formula is C16H26BrN3. The quantitative estimate of drug-likeness (QED) is 0.889. The molecule has 2 atom stereocenters. The van der Waals surface area contributed by atoms with Crippen molar-refractivity contribution in [1.82, 2.24) is 15.1 Å². The van der Waals surface area contributed by atoms with Crippen molar-refractivity contribution in [3.8, 4) is 0 Å². The monoisotopic (exact) mass is 339 g/mol. The zero-order chi connectivity index (χ0) is 14.5. The van der Waals surface area contributed by atoms with Crippen LogP contribution >= 0.6 is 15.9 Å². The fourth-order valence-corrected chi connectivity index (χ4v) is 3.42. The zero-order valence-electron chi connectivity index (χ0n) is 12.8. The number of nitrogens with one attached hydrogen (secondary N) is 1. The van der Waals surface area contributed by atoms with Crippen molar-refractivity contribution < 1.29 is 0 Å². The molecule has 20 heavy (non-hydrogen) atoms. The number of halogens is 1. The molecule has 0 radical (unpaired) electrons. The van der Waals surface area contributed by atoms with Crippen molar-refractivity contribution in [1.29, 1.82) is 0 Å². The summed E-state index contributed by atoms with van der Waals surface area (Å²) in [5, 5.41) is 3.45. The number of hydrogen-bond acceptors (Lipinski definition) is 3. The second-order valence-electron chi connectivity index (χ2n) is 5.83. The second-order valence-corrected chi connectivity index (χ2v) is 6.75. The fraction of sp³-hybridized carbons (Fsp3) is 0.625. The van der Waals surface area contributed by atoms with E-state index in [0.717, 1.165) is 17.4 Å². The van der Waals surface area contributed by atoms with Gasteiger partial charge in [-0.25, -0.2) is 0 Å². The lowest BCUT2D eigenvalue weighted by Gasteiger charge is -2.38. The minimum Gasteiger partial charge on any atom is -0.313 e. The Labute approximate surface area is 131 Å². The third kappa shape index (κ3) is 4.29. The highest BCUT2D eigenvalue weighted by Gasteiger charge is 2.22. The molecule has 3 nitrogen and oxygen atoms in total. The molecule has 1 aromatic carbocycles. The second kappa shape index (κ2) is 7.55. The van der Waals surface area contributed by atoms with Crippen LogP contribution in [-0.2, 0) is 0 Å². The van der Waals surface area contributed by atoms with Crippen LogP contribution in [0, 0.1) is 0 Å². The largest absolute Gasteiger partial charge is 0.313 e. The van der Waals surface area contributed by atoms with Crippen LogP contribution < -0.4 is 5.32 Å². The van der Waals surface area contributed by atoms with Crippen LogP contribution in [0.15, 0.2) is 28.7 Å². The van der Waals surface area contributed by atoms with Gasteiger partial charge in [-0.15, -0.1) is 0 Å². The number of likely N-dealkylation sites (N-methyl/N-ethyl adjacent to an activating group) is 1. The van der Waals surface area contributed by atoms with E-state index in [1.54, 1.807) is 0 Å². The molecular weight excluding hydrogens is 314 g/mol. The van der Waals surface area contributed by atoms with Gasteiger partial charge in [0.2, 0.25) is 0 Å². The third-order valence-corrected chi connectivity index (χ3v) is 4.77. The predicted molar refractivity (Wildman–Crippen MR) is 89.1 cm³/mol.